The number of phenolic OH excluding ortho intramolecular Hbond substituents is 5. The van der Waals surface area contributed by atoms with Crippen LogP contribution in [0.15, 0.2) is 24.3 Å². The van der Waals surface area contributed by atoms with Crippen molar-refractivity contribution < 1.29 is 55.5 Å². The van der Waals surface area contributed by atoms with E-state index < -0.39 is 71.3 Å². The Morgan fingerprint density at radius 2 is 1.53 bits per heavy atom. The molecule has 11 heteroatoms. The maximum absolute atomic E-state index is 12.7. The first-order valence-corrected chi connectivity index (χ1v) is 9.69. The summed E-state index contributed by atoms with van der Waals surface area (Å²) < 4.78 is 5.33. The van der Waals surface area contributed by atoms with Gasteiger partial charge in [0.25, 0.3) is 0 Å². The number of aromatic hydroxyl groups is 5. The molecule has 32 heavy (non-hydrogen) atoms. The van der Waals surface area contributed by atoms with E-state index >= 15 is 0 Å². The smallest absolute Gasteiger partial charge is 0.170 e. The monoisotopic (exact) mass is 452 g/mol. The van der Waals surface area contributed by atoms with Gasteiger partial charge in [-0.25, -0.2) is 0 Å². The highest BCUT2D eigenvalue weighted by atomic mass is 16.5. The molecular weight excluding hydrogens is 428 g/mol. The third-order valence-corrected chi connectivity index (χ3v) is 5.43. The first-order chi connectivity index (χ1) is 15.1. The zero-order valence-corrected chi connectivity index (χ0v) is 16.7. The Morgan fingerprint density at radius 1 is 0.844 bits per heavy atom. The van der Waals surface area contributed by atoms with Gasteiger partial charge in [-0.2, -0.15) is 0 Å². The SMILES string of the molecule is O=C(CCc1ccc(O)c(O)c1)c1c(O)cc(O)c(C2O[C@H](CO)[C@@H](O)[C@H](O)[C@H]2O)c1O. The van der Waals surface area contributed by atoms with Gasteiger partial charge in [0, 0.05) is 12.5 Å². The molecule has 1 saturated heterocycles. The number of hydrogen-bond donors (Lipinski definition) is 9. The Kier molecular flexibility index (Phi) is 6.77. The molecule has 5 atom stereocenters. The molecule has 11 nitrogen and oxygen atoms in total. The highest BCUT2D eigenvalue weighted by Crippen LogP contribution is 2.46. The molecule has 1 aliphatic heterocycles. The molecule has 1 fully saturated rings. The standard InChI is InChI=1S/C21H24O11/c22-7-14-17(28)19(30)20(31)21(32-14)16-13(27)6-12(26)15(18(16)29)10(24)4-2-8-1-3-9(23)11(25)5-8/h1,3,5-6,14,17,19-23,25-31H,2,4,7H2/t14-,17-,19+,20-,21?/m1/s1. The third kappa shape index (κ3) is 4.29. The summed E-state index contributed by atoms with van der Waals surface area (Å²) in [5.74, 6) is -3.85. The van der Waals surface area contributed by atoms with Crippen molar-refractivity contribution in [1.82, 2.24) is 0 Å². The lowest BCUT2D eigenvalue weighted by Gasteiger charge is -2.40. The molecule has 0 spiro atoms. The van der Waals surface area contributed by atoms with Crippen LogP contribution in [0.3, 0.4) is 0 Å². The van der Waals surface area contributed by atoms with Crippen LogP contribution in [0.2, 0.25) is 0 Å². The van der Waals surface area contributed by atoms with Gasteiger partial charge in [0.15, 0.2) is 17.3 Å². The van der Waals surface area contributed by atoms with E-state index in [-0.39, 0.29) is 24.3 Å². The number of carbonyl (C=O) groups excluding carboxylic acids is 1. The Bertz CT molecular complexity index is 1000. The van der Waals surface area contributed by atoms with Crippen LogP contribution >= 0.6 is 0 Å². The number of rotatable bonds is 6. The highest BCUT2D eigenvalue weighted by Gasteiger charge is 2.46. The molecule has 0 aliphatic carbocycles. The minimum Gasteiger partial charge on any atom is -0.507 e. The summed E-state index contributed by atoms with van der Waals surface area (Å²) in [6.07, 6.45) is -8.43. The number of carbonyl (C=O) groups is 1. The van der Waals surface area contributed by atoms with Crippen molar-refractivity contribution in [2.24, 2.45) is 0 Å². The van der Waals surface area contributed by atoms with Crippen LogP contribution in [-0.4, -0.2) is 82.8 Å². The molecule has 0 radical (unpaired) electrons. The lowest BCUT2D eigenvalue weighted by Crippen LogP contribution is -2.55. The molecule has 1 aliphatic rings. The quantitative estimate of drug-likeness (QED) is 0.202. The molecule has 0 aromatic heterocycles. The zero-order chi connectivity index (χ0) is 23.7. The summed E-state index contributed by atoms with van der Waals surface area (Å²) in [7, 11) is 0. The number of aliphatic hydroxyl groups excluding tert-OH is 4. The molecular formula is C21H24O11. The Hall–Kier alpha value is -3.09. The average Bonchev–Trinajstić information content (AvgIpc) is 2.74. The van der Waals surface area contributed by atoms with Crippen molar-refractivity contribution in [3.63, 3.8) is 0 Å². The lowest BCUT2D eigenvalue weighted by atomic mass is 9.88. The maximum Gasteiger partial charge on any atom is 0.170 e. The summed E-state index contributed by atoms with van der Waals surface area (Å²) in [5.41, 5.74) is -0.594. The van der Waals surface area contributed by atoms with Gasteiger partial charge >= 0.3 is 0 Å². The van der Waals surface area contributed by atoms with E-state index in [1.54, 1.807) is 0 Å². The second-order valence-electron chi connectivity index (χ2n) is 7.55. The molecule has 2 aromatic rings. The summed E-state index contributed by atoms with van der Waals surface area (Å²) in [6, 6.07) is 4.72. The molecule has 3 rings (SSSR count). The number of hydrogen-bond acceptors (Lipinski definition) is 11. The summed E-state index contributed by atoms with van der Waals surface area (Å²) in [5, 5.41) is 89.5. The normalized spacial score (nSPS) is 25.6. The van der Waals surface area contributed by atoms with Gasteiger partial charge in [-0.3, -0.25) is 4.79 Å². The van der Waals surface area contributed by atoms with Crippen LogP contribution in [0, 0.1) is 0 Å². The largest absolute Gasteiger partial charge is 0.507 e. The van der Waals surface area contributed by atoms with Crippen LogP contribution < -0.4 is 0 Å². The van der Waals surface area contributed by atoms with Gasteiger partial charge in [0.1, 0.15) is 53.3 Å². The second-order valence-corrected chi connectivity index (χ2v) is 7.55. The number of ether oxygens (including phenoxy) is 1. The third-order valence-electron chi connectivity index (χ3n) is 5.43. The van der Waals surface area contributed by atoms with Crippen LogP contribution in [0.5, 0.6) is 28.7 Å². The molecule has 0 amide bonds. The fourth-order valence-corrected chi connectivity index (χ4v) is 3.66. The van der Waals surface area contributed by atoms with Crippen molar-refractivity contribution in [2.75, 3.05) is 6.61 Å². The molecule has 174 valence electrons. The van der Waals surface area contributed by atoms with Crippen LogP contribution in [-0.2, 0) is 11.2 Å². The van der Waals surface area contributed by atoms with Crippen molar-refractivity contribution in [2.45, 2.75) is 43.4 Å². The fourth-order valence-electron chi connectivity index (χ4n) is 3.66. The van der Waals surface area contributed by atoms with E-state index in [1.807, 2.05) is 0 Å². The van der Waals surface area contributed by atoms with E-state index in [2.05, 4.69) is 0 Å². The van der Waals surface area contributed by atoms with Crippen molar-refractivity contribution in [3.05, 3.63) is 41.0 Å². The van der Waals surface area contributed by atoms with Crippen LogP contribution in [0.25, 0.3) is 0 Å². The summed E-state index contributed by atoms with van der Waals surface area (Å²) in [4.78, 5) is 12.7. The number of ketones is 1. The molecule has 2 aromatic carbocycles. The molecule has 0 bridgehead atoms. The minimum absolute atomic E-state index is 0.0712. The van der Waals surface area contributed by atoms with Gasteiger partial charge < -0.3 is 50.7 Å². The van der Waals surface area contributed by atoms with Crippen molar-refractivity contribution in [3.8, 4) is 28.7 Å². The number of benzene rings is 2. The van der Waals surface area contributed by atoms with E-state index in [1.165, 1.54) is 18.2 Å². The van der Waals surface area contributed by atoms with E-state index in [9.17, 15) is 50.8 Å². The summed E-state index contributed by atoms with van der Waals surface area (Å²) in [6.45, 7) is -0.744. The average molecular weight is 452 g/mol. The minimum atomic E-state index is -1.84. The zero-order valence-electron chi connectivity index (χ0n) is 16.7. The predicted octanol–water partition coefficient (Wildman–Crippen LogP) is -0.455. The maximum atomic E-state index is 12.7. The van der Waals surface area contributed by atoms with Crippen molar-refractivity contribution >= 4 is 5.78 Å². The Labute approximate surface area is 181 Å². The van der Waals surface area contributed by atoms with Gasteiger partial charge in [-0.1, -0.05) is 6.07 Å². The van der Waals surface area contributed by atoms with E-state index in [4.69, 9.17) is 4.74 Å². The second kappa shape index (κ2) is 9.18. The molecule has 1 unspecified atom stereocenters. The molecule has 9 N–H and O–H groups in total. The lowest BCUT2D eigenvalue weighted by molar-refractivity contribution is -0.232. The topological polar surface area (TPSA) is 208 Å². The predicted molar refractivity (Wildman–Crippen MR) is 107 cm³/mol. The van der Waals surface area contributed by atoms with E-state index in [0.717, 1.165) is 6.07 Å². The molecule has 1 heterocycles. The number of phenols is 5. The Balaban J connectivity index is 1.92. The summed E-state index contributed by atoms with van der Waals surface area (Å²) >= 11 is 0. The van der Waals surface area contributed by atoms with Crippen LogP contribution in [0.4, 0.5) is 0 Å². The van der Waals surface area contributed by atoms with Gasteiger partial charge in [-0.05, 0) is 24.1 Å². The number of Topliss-reactive ketones (excluding diaryl/α,β-unsaturated/α-hetero) is 1. The first kappa shape index (κ1) is 23.6. The number of aryl methyl sites for hydroxylation is 1. The van der Waals surface area contributed by atoms with Gasteiger partial charge in [0.2, 0.25) is 0 Å². The van der Waals surface area contributed by atoms with Gasteiger partial charge in [-0.15, -0.1) is 0 Å². The number of aliphatic hydroxyl groups is 4. The van der Waals surface area contributed by atoms with Gasteiger partial charge in [0.05, 0.1) is 12.2 Å². The van der Waals surface area contributed by atoms with Crippen LogP contribution in [0.1, 0.15) is 34.0 Å². The molecule has 0 saturated carbocycles. The fraction of sp³-hybridized carbons (Fsp3) is 0.381. The van der Waals surface area contributed by atoms with Crippen molar-refractivity contribution in [1.29, 1.82) is 0 Å². The van der Waals surface area contributed by atoms with E-state index in [0.29, 0.717) is 5.56 Å². The first-order valence-electron chi connectivity index (χ1n) is 9.69. The highest BCUT2D eigenvalue weighted by molar-refractivity contribution is 6.02. The Morgan fingerprint density at radius 3 is 2.16 bits per heavy atom.